The van der Waals surface area contributed by atoms with Gasteiger partial charge in [0.15, 0.2) is 5.96 Å². The highest BCUT2D eigenvalue weighted by molar-refractivity contribution is 5.79. The lowest BCUT2D eigenvalue weighted by Gasteiger charge is -2.27. The normalized spacial score (nSPS) is 26.8. The molecule has 0 aromatic heterocycles. The number of aliphatic hydroxyl groups excluding tert-OH is 1. The molecule has 1 saturated carbocycles. The van der Waals surface area contributed by atoms with Gasteiger partial charge in [0.2, 0.25) is 0 Å². The lowest BCUT2D eigenvalue weighted by atomic mass is 9.84. The standard InChI is InChI=1S/C15H29N3O2/c1-16-14(17-8-2-3-13-4-5-13)18-11-15(6-9-19)7-10-20-12-15/h13,19H,2-12H2,1H3,(H2,16,17,18). The number of rotatable bonds is 8. The van der Waals surface area contributed by atoms with Crippen molar-refractivity contribution < 1.29 is 9.84 Å². The maximum atomic E-state index is 9.22. The fraction of sp³-hybridized carbons (Fsp3) is 0.933. The van der Waals surface area contributed by atoms with Crippen LogP contribution in [-0.4, -0.2) is 51.0 Å². The molecule has 1 saturated heterocycles. The van der Waals surface area contributed by atoms with Gasteiger partial charge in [-0.05, 0) is 31.6 Å². The zero-order chi connectivity index (χ0) is 14.3. The van der Waals surface area contributed by atoms with Crippen molar-refractivity contribution in [3.05, 3.63) is 0 Å². The molecule has 1 atom stereocenters. The van der Waals surface area contributed by atoms with E-state index < -0.39 is 0 Å². The molecule has 116 valence electrons. The third kappa shape index (κ3) is 4.94. The molecule has 1 aliphatic heterocycles. The summed E-state index contributed by atoms with van der Waals surface area (Å²) in [7, 11) is 1.81. The van der Waals surface area contributed by atoms with Crippen molar-refractivity contribution in [1.29, 1.82) is 0 Å². The van der Waals surface area contributed by atoms with Gasteiger partial charge in [0.25, 0.3) is 0 Å². The predicted molar refractivity (Wildman–Crippen MR) is 80.9 cm³/mol. The quantitative estimate of drug-likeness (QED) is 0.355. The second-order valence-electron chi connectivity index (χ2n) is 6.21. The molecular weight excluding hydrogens is 254 g/mol. The van der Waals surface area contributed by atoms with E-state index in [2.05, 4.69) is 15.6 Å². The zero-order valence-corrected chi connectivity index (χ0v) is 12.7. The fourth-order valence-electron chi connectivity index (χ4n) is 2.81. The van der Waals surface area contributed by atoms with E-state index in [4.69, 9.17) is 4.74 Å². The Bertz CT molecular complexity index is 310. The lowest BCUT2D eigenvalue weighted by Crippen LogP contribution is -2.44. The van der Waals surface area contributed by atoms with Crippen LogP contribution >= 0.6 is 0 Å². The Morgan fingerprint density at radius 3 is 2.85 bits per heavy atom. The molecule has 3 N–H and O–H groups in total. The Balaban J connectivity index is 1.66. The summed E-state index contributed by atoms with van der Waals surface area (Å²) < 4.78 is 5.50. The summed E-state index contributed by atoms with van der Waals surface area (Å²) >= 11 is 0. The van der Waals surface area contributed by atoms with Gasteiger partial charge in [0, 0.05) is 38.8 Å². The fourth-order valence-corrected chi connectivity index (χ4v) is 2.81. The van der Waals surface area contributed by atoms with Crippen molar-refractivity contribution >= 4 is 5.96 Å². The molecule has 20 heavy (non-hydrogen) atoms. The summed E-state index contributed by atoms with van der Waals surface area (Å²) in [5.74, 6) is 1.86. The first-order valence-electron chi connectivity index (χ1n) is 7.91. The van der Waals surface area contributed by atoms with Crippen molar-refractivity contribution in [3.63, 3.8) is 0 Å². The number of aliphatic hydroxyl groups is 1. The second-order valence-corrected chi connectivity index (χ2v) is 6.21. The van der Waals surface area contributed by atoms with Crippen LogP contribution in [0.4, 0.5) is 0 Å². The van der Waals surface area contributed by atoms with Gasteiger partial charge in [0.1, 0.15) is 0 Å². The molecule has 5 nitrogen and oxygen atoms in total. The lowest BCUT2D eigenvalue weighted by molar-refractivity contribution is 0.127. The SMILES string of the molecule is CN=C(NCCCC1CC1)NCC1(CCO)CCOC1. The number of ether oxygens (including phenoxy) is 1. The third-order valence-corrected chi connectivity index (χ3v) is 4.46. The van der Waals surface area contributed by atoms with Crippen LogP contribution in [0.1, 0.15) is 38.5 Å². The van der Waals surface area contributed by atoms with Gasteiger partial charge in [-0.1, -0.05) is 12.8 Å². The summed E-state index contributed by atoms with van der Waals surface area (Å²) in [5.41, 5.74) is 0.0698. The van der Waals surface area contributed by atoms with Gasteiger partial charge in [-0.3, -0.25) is 4.99 Å². The summed E-state index contributed by atoms with van der Waals surface area (Å²) in [6.45, 7) is 3.56. The van der Waals surface area contributed by atoms with Crippen molar-refractivity contribution in [3.8, 4) is 0 Å². The minimum absolute atomic E-state index is 0.0698. The number of nitrogens with zero attached hydrogens (tertiary/aromatic N) is 1. The maximum Gasteiger partial charge on any atom is 0.190 e. The molecule has 0 aromatic carbocycles. The van der Waals surface area contributed by atoms with E-state index in [1.807, 2.05) is 0 Å². The van der Waals surface area contributed by atoms with Crippen LogP contribution in [-0.2, 0) is 4.74 Å². The molecule has 0 amide bonds. The first kappa shape index (κ1) is 15.6. The number of hydrogen-bond acceptors (Lipinski definition) is 3. The van der Waals surface area contributed by atoms with E-state index in [0.29, 0.717) is 0 Å². The number of nitrogens with one attached hydrogen (secondary N) is 2. The molecule has 2 rings (SSSR count). The molecule has 1 heterocycles. The second kappa shape index (κ2) is 7.84. The zero-order valence-electron chi connectivity index (χ0n) is 12.7. The molecular formula is C15H29N3O2. The first-order valence-corrected chi connectivity index (χ1v) is 7.91. The maximum absolute atomic E-state index is 9.22. The minimum atomic E-state index is 0.0698. The van der Waals surface area contributed by atoms with E-state index in [9.17, 15) is 5.11 Å². The van der Waals surface area contributed by atoms with Crippen LogP contribution in [0, 0.1) is 11.3 Å². The Labute approximate surface area is 122 Å². The minimum Gasteiger partial charge on any atom is -0.396 e. The molecule has 2 aliphatic rings. The third-order valence-electron chi connectivity index (χ3n) is 4.46. The highest BCUT2D eigenvalue weighted by atomic mass is 16.5. The number of aliphatic imine (C=N–C) groups is 1. The molecule has 1 aliphatic carbocycles. The van der Waals surface area contributed by atoms with Crippen LogP contribution in [0.3, 0.4) is 0 Å². The van der Waals surface area contributed by atoms with Gasteiger partial charge in [-0.15, -0.1) is 0 Å². The number of hydrogen-bond donors (Lipinski definition) is 3. The smallest absolute Gasteiger partial charge is 0.190 e. The molecule has 0 spiro atoms. The average Bonchev–Trinajstić information content (AvgIpc) is 3.17. The summed E-state index contributed by atoms with van der Waals surface area (Å²) in [4.78, 5) is 4.26. The van der Waals surface area contributed by atoms with Crippen molar-refractivity contribution in [1.82, 2.24) is 10.6 Å². The van der Waals surface area contributed by atoms with Gasteiger partial charge < -0.3 is 20.5 Å². The van der Waals surface area contributed by atoms with E-state index >= 15 is 0 Å². The van der Waals surface area contributed by atoms with Gasteiger partial charge in [-0.25, -0.2) is 0 Å². The van der Waals surface area contributed by atoms with Gasteiger partial charge >= 0.3 is 0 Å². The Morgan fingerprint density at radius 1 is 1.40 bits per heavy atom. The van der Waals surface area contributed by atoms with Crippen LogP contribution in [0.2, 0.25) is 0 Å². The highest BCUT2D eigenvalue weighted by Gasteiger charge is 2.34. The predicted octanol–water partition coefficient (Wildman–Crippen LogP) is 1.13. The molecule has 0 radical (unpaired) electrons. The molecule has 2 fully saturated rings. The van der Waals surface area contributed by atoms with E-state index in [1.54, 1.807) is 7.05 Å². The van der Waals surface area contributed by atoms with E-state index in [1.165, 1.54) is 25.7 Å². The van der Waals surface area contributed by atoms with Crippen molar-refractivity contribution in [2.75, 3.05) is 40.0 Å². The Kier molecular flexibility index (Phi) is 6.10. The summed E-state index contributed by atoms with van der Waals surface area (Å²) in [6, 6.07) is 0. The van der Waals surface area contributed by atoms with Crippen LogP contribution in [0.5, 0.6) is 0 Å². The van der Waals surface area contributed by atoms with Crippen LogP contribution in [0.15, 0.2) is 4.99 Å². The van der Waals surface area contributed by atoms with E-state index in [-0.39, 0.29) is 12.0 Å². The Morgan fingerprint density at radius 2 is 2.25 bits per heavy atom. The van der Waals surface area contributed by atoms with Crippen LogP contribution < -0.4 is 10.6 Å². The molecule has 1 unspecified atom stereocenters. The van der Waals surface area contributed by atoms with Crippen LogP contribution in [0.25, 0.3) is 0 Å². The topological polar surface area (TPSA) is 65.9 Å². The summed E-state index contributed by atoms with van der Waals surface area (Å²) in [6.07, 6.45) is 7.22. The first-order chi connectivity index (χ1) is 9.78. The monoisotopic (exact) mass is 283 g/mol. The van der Waals surface area contributed by atoms with Gasteiger partial charge in [-0.2, -0.15) is 0 Å². The van der Waals surface area contributed by atoms with Crippen molar-refractivity contribution in [2.45, 2.75) is 38.5 Å². The number of guanidine groups is 1. The molecule has 0 aromatic rings. The summed E-state index contributed by atoms with van der Waals surface area (Å²) in [5, 5.41) is 16.0. The largest absolute Gasteiger partial charge is 0.396 e. The molecule has 0 bridgehead atoms. The van der Waals surface area contributed by atoms with E-state index in [0.717, 1.165) is 51.0 Å². The highest BCUT2D eigenvalue weighted by Crippen LogP contribution is 2.33. The molecule has 5 heteroatoms. The Hall–Kier alpha value is -0.810. The van der Waals surface area contributed by atoms with Crippen molar-refractivity contribution in [2.24, 2.45) is 16.3 Å². The van der Waals surface area contributed by atoms with Gasteiger partial charge in [0.05, 0.1) is 6.61 Å². The average molecular weight is 283 g/mol.